The number of hydrogen-bond donors (Lipinski definition) is 1. The molecule has 0 aliphatic carbocycles. The molecule has 20 heavy (non-hydrogen) atoms. The summed E-state index contributed by atoms with van der Waals surface area (Å²) in [5.41, 5.74) is 4.93. The van der Waals surface area contributed by atoms with Crippen LogP contribution in [0.5, 0.6) is 0 Å². The maximum absolute atomic E-state index is 4.66. The first-order valence-corrected chi connectivity index (χ1v) is 7.05. The number of rotatable bonds is 2. The Kier molecular flexibility index (Phi) is 3.09. The van der Waals surface area contributed by atoms with E-state index in [1.54, 1.807) is 0 Å². The molecule has 0 spiro atoms. The van der Waals surface area contributed by atoms with Gasteiger partial charge in [0.05, 0.1) is 11.0 Å². The average Bonchev–Trinajstić information content (AvgIpc) is 2.81. The van der Waals surface area contributed by atoms with Crippen molar-refractivity contribution in [2.45, 2.75) is 27.2 Å². The van der Waals surface area contributed by atoms with Gasteiger partial charge in [0, 0.05) is 5.56 Å². The fraction of sp³-hybridized carbons (Fsp3) is 0.278. The molecule has 2 nitrogen and oxygen atoms in total. The molecule has 1 aromatic heterocycles. The highest BCUT2D eigenvalue weighted by Crippen LogP contribution is 2.25. The van der Waals surface area contributed by atoms with Gasteiger partial charge in [-0.1, -0.05) is 57.2 Å². The van der Waals surface area contributed by atoms with Crippen molar-refractivity contribution in [3.05, 3.63) is 54.1 Å². The van der Waals surface area contributed by atoms with Gasteiger partial charge >= 0.3 is 0 Å². The Morgan fingerprint density at radius 1 is 1.00 bits per heavy atom. The zero-order valence-electron chi connectivity index (χ0n) is 12.3. The highest BCUT2D eigenvalue weighted by atomic mass is 14.9. The Bertz CT molecular complexity index is 718. The van der Waals surface area contributed by atoms with Crippen molar-refractivity contribution in [2.75, 3.05) is 0 Å². The van der Waals surface area contributed by atoms with Gasteiger partial charge in [0.15, 0.2) is 0 Å². The number of fused-ring (bicyclic) bond motifs is 1. The summed E-state index contributed by atoms with van der Waals surface area (Å²) in [4.78, 5) is 8.09. The van der Waals surface area contributed by atoms with E-state index in [1.807, 2.05) is 18.2 Å². The minimum atomic E-state index is 0.302. The number of aromatic nitrogens is 2. The topological polar surface area (TPSA) is 28.7 Å². The van der Waals surface area contributed by atoms with E-state index in [2.05, 4.69) is 61.1 Å². The van der Waals surface area contributed by atoms with E-state index in [9.17, 15) is 0 Å². The molecule has 0 unspecified atom stereocenters. The standard InChI is InChI=1S/C18H20N2/c1-18(2,3)12-13-9-10-15-16(11-13)20-17(19-15)14-7-5-4-6-8-14/h4-11H,12H2,1-3H3,(H,19,20). The minimum Gasteiger partial charge on any atom is -0.338 e. The van der Waals surface area contributed by atoms with Crippen LogP contribution in [0.4, 0.5) is 0 Å². The van der Waals surface area contributed by atoms with Crippen LogP contribution < -0.4 is 0 Å². The van der Waals surface area contributed by atoms with Crippen LogP contribution in [0.3, 0.4) is 0 Å². The van der Waals surface area contributed by atoms with Crippen molar-refractivity contribution in [1.82, 2.24) is 9.97 Å². The van der Waals surface area contributed by atoms with E-state index in [0.29, 0.717) is 5.41 Å². The van der Waals surface area contributed by atoms with Crippen LogP contribution in [0.1, 0.15) is 26.3 Å². The molecule has 0 aliphatic heterocycles. The van der Waals surface area contributed by atoms with Gasteiger partial charge in [0.1, 0.15) is 5.82 Å². The first kappa shape index (κ1) is 12.9. The van der Waals surface area contributed by atoms with Gasteiger partial charge in [0.25, 0.3) is 0 Å². The number of aromatic amines is 1. The van der Waals surface area contributed by atoms with E-state index in [-0.39, 0.29) is 0 Å². The molecule has 1 N–H and O–H groups in total. The Morgan fingerprint density at radius 3 is 2.45 bits per heavy atom. The van der Waals surface area contributed by atoms with Crippen molar-refractivity contribution in [1.29, 1.82) is 0 Å². The van der Waals surface area contributed by atoms with Crippen LogP contribution in [0, 0.1) is 5.41 Å². The maximum atomic E-state index is 4.66. The lowest BCUT2D eigenvalue weighted by Crippen LogP contribution is -2.08. The molecule has 0 atom stereocenters. The lowest BCUT2D eigenvalue weighted by Gasteiger charge is -2.17. The largest absolute Gasteiger partial charge is 0.338 e. The fourth-order valence-electron chi connectivity index (χ4n) is 2.51. The third-order valence-electron chi connectivity index (χ3n) is 3.33. The van der Waals surface area contributed by atoms with Crippen LogP contribution in [0.2, 0.25) is 0 Å². The first-order chi connectivity index (χ1) is 9.51. The first-order valence-electron chi connectivity index (χ1n) is 7.05. The molecule has 0 amide bonds. The lowest BCUT2D eigenvalue weighted by molar-refractivity contribution is 0.411. The normalized spacial score (nSPS) is 11.9. The van der Waals surface area contributed by atoms with E-state index >= 15 is 0 Å². The van der Waals surface area contributed by atoms with Gasteiger partial charge in [0.2, 0.25) is 0 Å². The molecule has 1 heterocycles. The van der Waals surface area contributed by atoms with Crippen molar-refractivity contribution in [3.8, 4) is 11.4 Å². The van der Waals surface area contributed by atoms with E-state index in [4.69, 9.17) is 0 Å². The van der Waals surface area contributed by atoms with E-state index in [0.717, 1.165) is 28.8 Å². The average molecular weight is 264 g/mol. The molecule has 2 aromatic carbocycles. The summed E-state index contributed by atoms with van der Waals surface area (Å²) < 4.78 is 0. The summed E-state index contributed by atoms with van der Waals surface area (Å²) in [6.45, 7) is 6.79. The molecule has 0 saturated carbocycles. The third kappa shape index (κ3) is 2.74. The smallest absolute Gasteiger partial charge is 0.138 e. The Balaban J connectivity index is 2.00. The van der Waals surface area contributed by atoms with Crippen LogP contribution in [-0.2, 0) is 6.42 Å². The summed E-state index contributed by atoms with van der Waals surface area (Å²) in [6.07, 6.45) is 1.07. The van der Waals surface area contributed by atoms with Gasteiger partial charge in [-0.15, -0.1) is 0 Å². The van der Waals surface area contributed by atoms with Crippen LogP contribution in [-0.4, -0.2) is 9.97 Å². The molecule has 0 bridgehead atoms. The number of H-pyrrole nitrogens is 1. The molecular formula is C18H20N2. The Labute approximate surface area is 119 Å². The Morgan fingerprint density at radius 2 is 1.75 bits per heavy atom. The van der Waals surface area contributed by atoms with Crippen LogP contribution >= 0.6 is 0 Å². The van der Waals surface area contributed by atoms with Gasteiger partial charge < -0.3 is 4.98 Å². The number of hydrogen-bond acceptors (Lipinski definition) is 1. The van der Waals surface area contributed by atoms with E-state index < -0.39 is 0 Å². The molecule has 2 heteroatoms. The van der Waals surface area contributed by atoms with Gasteiger partial charge in [-0.2, -0.15) is 0 Å². The van der Waals surface area contributed by atoms with Crippen molar-refractivity contribution in [2.24, 2.45) is 5.41 Å². The van der Waals surface area contributed by atoms with Crippen LogP contribution in [0.15, 0.2) is 48.5 Å². The summed E-state index contributed by atoms with van der Waals surface area (Å²) in [5.74, 6) is 0.938. The summed E-state index contributed by atoms with van der Waals surface area (Å²) in [6, 6.07) is 16.8. The summed E-state index contributed by atoms with van der Waals surface area (Å²) >= 11 is 0. The molecule has 3 rings (SSSR count). The zero-order chi connectivity index (χ0) is 14.2. The van der Waals surface area contributed by atoms with Gasteiger partial charge in [-0.25, -0.2) is 4.98 Å². The molecule has 0 saturated heterocycles. The predicted octanol–water partition coefficient (Wildman–Crippen LogP) is 4.82. The second-order valence-electron chi connectivity index (χ2n) is 6.54. The van der Waals surface area contributed by atoms with Crippen molar-refractivity contribution < 1.29 is 0 Å². The van der Waals surface area contributed by atoms with Crippen LogP contribution in [0.25, 0.3) is 22.4 Å². The number of nitrogens with one attached hydrogen (secondary N) is 1. The predicted molar refractivity (Wildman–Crippen MR) is 84.7 cm³/mol. The molecule has 0 radical (unpaired) electrons. The second kappa shape index (κ2) is 4.78. The summed E-state index contributed by atoms with van der Waals surface area (Å²) in [5, 5.41) is 0. The SMILES string of the molecule is CC(C)(C)Cc1ccc2nc(-c3ccccc3)[nH]c2c1. The van der Waals surface area contributed by atoms with E-state index in [1.165, 1.54) is 5.56 Å². The molecular weight excluding hydrogens is 244 g/mol. The minimum absolute atomic E-state index is 0.302. The van der Waals surface area contributed by atoms with Gasteiger partial charge in [-0.05, 0) is 29.5 Å². The molecule has 0 aliphatic rings. The Hall–Kier alpha value is -2.09. The van der Waals surface area contributed by atoms with Gasteiger partial charge in [-0.3, -0.25) is 0 Å². The molecule has 3 aromatic rings. The zero-order valence-corrected chi connectivity index (χ0v) is 12.3. The summed E-state index contributed by atoms with van der Waals surface area (Å²) in [7, 11) is 0. The van der Waals surface area contributed by atoms with Crippen molar-refractivity contribution >= 4 is 11.0 Å². The number of benzene rings is 2. The lowest BCUT2D eigenvalue weighted by atomic mass is 9.88. The monoisotopic (exact) mass is 264 g/mol. The number of imidazole rings is 1. The maximum Gasteiger partial charge on any atom is 0.138 e. The van der Waals surface area contributed by atoms with Crippen molar-refractivity contribution in [3.63, 3.8) is 0 Å². The quantitative estimate of drug-likeness (QED) is 0.706. The highest BCUT2D eigenvalue weighted by Gasteiger charge is 2.12. The third-order valence-corrected chi connectivity index (χ3v) is 3.33. The molecule has 102 valence electrons. The fourth-order valence-corrected chi connectivity index (χ4v) is 2.51. The second-order valence-corrected chi connectivity index (χ2v) is 6.54. The highest BCUT2D eigenvalue weighted by molar-refractivity contribution is 5.80. The molecule has 0 fully saturated rings. The number of nitrogens with zero attached hydrogens (tertiary/aromatic N) is 1.